The van der Waals surface area contributed by atoms with Crippen molar-refractivity contribution < 1.29 is 18.4 Å². The molecule has 2 aromatic carbocycles. The number of benzene rings is 2. The van der Waals surface area contributed by atoms with Crippen molar-refractivity contribution in [2.45, 2.75) is 25.7 Å². The minimum Gasteiger partial charge on any atom is -0.444 e. The smallest absolute Gasteiger partial charge is 0.273 e. The van der Waals surface area contributed by atoms with Crippen LogP contribution in [-0.2, 0) is 0 Å². The lowest BCUT2D eigenvalue weighted by Crippen LogP contribution is -2.33. The van der Waals surface area contributed by atoms with Crippen LogP contribution >= 0.6 is 0 Å². The minimum absolute atomic E-state index is 0.239. The van der Waals surface area contributed by atoms with Crippen molar-refractivity contribution in [1.29, 1.82) is 0 Å². The summed E-state index contributed by atoms with van der Waals surface area (Å²) in [6.45, 7) is 7.23. The fraction of sp³-hybridized carbons (Fsp3) is 0.353. The molecule has 2 aliphatic rings. The molecule has 0 atom stereocenters. The van der Waals surface area contributed by atoms with Gasteiger partial charge < -0.3 is 29.3 Å². The molecule has 0 radical (unpaired) electrons. The second kappa shape index (κ2) is 14.1. The molecule has 0 aliphatic carbocycles. The SMILES string of the molecule is O=C(NCCN1CCCC1)c1coc(-c2ccc(-c3cn(-c4ccc(-c5nc(C(=O)NCCN6CCCC6)co5)cc4)nn3)cc2)n1. The van der Waals surface area contributed by atoms with Gasteiger partial charge >= 0.3 is 0 Å². The monoisotopic (exact) mass is 635 g/mol. The van der Waals surface area contributed by atoms with Crippen LogP contribution in [0.1, 0.15) is 46.7 Å². The van der Waals surface area contributed by atoms with E-state index in [1.165, 1.54) is 38.2 Å². The zero-order chi connectivity index (χ0) is 32.0. The molecule has 2 saturated heterocycles. The minimum atomic E-state index is -0.241. The van der Waals surface area contributed by atoms with E-state index in [4.69, 9.17) is 8.83 Å². The van der Waals surface area contributed by atoms with Crippen LogP contribution in [0.5, 0.6) is 0 Å². The van der Waals surface area contributed by atoms with Gasteiger partial charge in [0.25, 0.3) is 11.8 Å². The molecule has 2 aliphatic heterocycles. The number of nitrogens with one attached hydrogen (secondary N) is 2. The van der Waals surface area contributed by atoms with Crippen LogP contribution in [-0.4, -0.2) is 98.9 Å². The number of nitrogens with zero attached hydrogens (tertiary/aromatic N) is 7. The van der Waals surface area contributed by atoms with E-state index in [-0.39, 0.29) is 23.2 Å². The third-order valence-corrected chi connectivity index (χ3v) is 8.60. The standard InChI is InChI=1S/C34H37N9O4/c44-31(35-13-19-41-15-1-2-16-41)29-22-46-33(37-29)25-7-5-24(6-8-25)28-21-43(40-39-28)27-11-9-26(10-12-27)34-38-30(23-47-34)32(45)36-14-20-42-17-3-4-18-42/h5-12,21-23H,1-4,13-20H2,(H,35,44)(H,36,45). The Morgan fingerprint density at radius 2 is 1.13 bits per heavy atom. The number of rotatable bonds is 12. The van der Waals surface area contributed by atoms with E-state index in [1.807, 2.05) is 54.7 Å². The zero-order valence-corrected chi connectivity index (χ0v) is 26.1. The first kappa shape index (κ1) is 30.5. The molecule has 0 bridgehead atoms. The highest BCUT2D eigenvalue weighted by atomic mass is 16.3. The van der Waals surface area contributed by atoms with E-state index in [9.17, 15) is 9.59 Å². The Kier molecular flexibility index (Phi) is 9.15. The Morgan fingerprint density at radius 1 is 0.660 bits per heavy atom. The summed E-state index contributed by atoms with van der Waals surface area (Å²) in [7, 11) is 0. The van der Waals surface area contributed by atoms with Crippen LogP contribution in [0, 0.1) is 0 Å². The molecule has 242 valence electrons. The third kappa shape index (κ3) is 7.31. The first-order chi connectivity index (χ1) is 23.1. The first-order valence-electron chi connectivity index (χ1n) is 16.2. The van der Waals surface area contributed by atoms with Crippen molar-refractivity contribution in [1.82, 2.24) is 45.4 Å². The van der Waals surface area contributed by atoms with Gasteiger partial charge in [-0.15, -0.1) is 5.10 Å². The summed E-state index contributed by atoms with van der Waals surface area (Å²) < 4.78 is 12.9. The van der Waals surface area contributed by atoms with E-state index in [0.717, 1.165) is 61.6 Å². The van der Waals surface area contributed by atoms with Gasteiger partial charge in [-0.25, -0.2) is 14.6 Å². The second-order valence-electron chi connectivity index (χ2n) is 11.9. The largest absolute Gasteiger partial charge is 0.444 e. The number of amides is 2. The average Bonchev–Trinajstić information content (AvgIpc) is 3.95. The quantitative estimate of drug-likeness (QED) is 0.207. The average molecular weight is 636 g/mol. The summed E-state index contributed by atoms with van der Waals surface area (Å²) in [5.41, 5.74) is 4.39. The van der Waals surface area contributed by atoms with E-state index < -0.39 is 0 Å². The molecule has 5 aromatic rings. The van der Waals surface area contributed by atoms with Gasteiger partial charge in [0, 0.05) is 42.9 Å². The summed E-state index contributed by atoms with van der Waals surface area (Å²) in [6.07, 6.45) is 9.51. The van der Waals surface area contributed by atoms with Gasteiger partial charge in [0.1, 0.15) is 18.2 Å². The summed E-state index contributed by atoms with van der Waals surface area (Å²) in [4.78, 5) is 38.5. The van der Waals surface area contributed by atoms with Crippen molar-refractivity contribution >= 4 is 11.8 Å². The lowest BCUT2D eigenvalue weighted by molar-refractivity contribution is 0.0936. The van der Waals surface area contributed by atoms with Crippen LogP contribution in [0.25, 0.3) is 39.9 Å². The molecule has 2 fully saturated rings. The number of hydrogen-bond acceptors (Lipinski definition) is 10. The Hall–Kier alpha value is -5.14. The Bertz CT molecular complexity index is 1670. The van der Waals surface area contributed by atoms with E-state index >= 15 is 0 Å². The molecule has 2 N–H and O–H groups in total. The van der Waals surface area contributed by atoms with Crippen LogP contribution in [0.15, 0.2) is 76.1 Å². The van der Waals surface area contributed by atoms with Gasteiger partial charge in [0.05, 0.1) is 11.9 Å². The predicted molar refractivity (Wildman–Crippen MR) is 174 cm³/mol. The normalized spacial score (nSPS) is 15.3. The van der Waals surface area contributed by atoms with Gasteiger partial charge in [-0.3, -0.25) is 9.59 Å². The summed E-state index contributed by atoms with van der Waals surface area (Å²) in [5, 5.41) is 14.5. The molecule has 2 amide bonds. The van der Waals surface area contributed by atoms with Gasteiger partial charge in [0.15, 0.2) is 11.4 Å². The molecule has 3 aromatic heterocycles. The summed E-state index contributed by atoms with van der Waals surface area (Å²) in [6, 6.07) is 15.1. The van der Waals surface area contributed by atoms with Crippen molar-refractivity contribution in [3.63, 3.8) is 0 Å². The maximum atomic E-state index is 12.5. The summed E-state index contributed by atoms with van der Waals surface area (Å²) >= 11 is 0. The first-order valence-corrected chi connectivity index (χ1v) is 16.2. The lowest BCUT2D eigenvalue weighted by Gasteiger charge is -2.14. The van der Waals surface area contributed by atoms with Gasteiger partial charge in [-0.2, -0.15) is 0 Å². The molecule has 13 heteroatoms. The van der Waals surface area contributed by atoms with Crippen LogP contribution in [0.3, 0.4) is 0 Å². The number of likely N-dealkylation sites (tertiary alicyclic amines) is 2. The van der Waals surface area contributed by atoms with Gasteiger partial charge in [0.2, 0.25) is 11.8 Å². The molecule has 5 heterocycles. The maximum absolute atomic E-state index is 12.5. The molecule has 13 nitrogen and oxygen atoms in total. The second-order valence-corrected chi connectivity index (χ2v) is 11.9. The highest BCUT2D eigenvalue weighted by Crippen LogP contribution is 2.25. The molecule has 0 spiro atoms. The molecule has 7 rings (SSSR count). The zero-order valence-electron chi connectivity index (χ0n) is 26.1. The Morgan fingerprint density at radius 3 is 1.64 bits per heavy atom. The topological polar surface area (TPSA) is 147 Å². The van der Waals surface area contributed by atoms with Crippen LogP contribution in [0.4, 0.5) is 0 Å². The van der Waals surface area contributed by atoms with Crippen LogP contribution < -0.4 is 10.6 Å². The predicted octanol–water partition coefficient (Wildman–Crippen LogP) is 3.90. The number of aromatic nitrogens is 5. The van der Waals surface area contributed by atoms with Crippen molar-refractivity contribution in [2.75, 3.05) is 52.4 Å². The van der Waals surface area contributed by atoms with Crippen molar-refractivity contribution in [3.05, 3.63) is 78.6 Å². The molecule has 0 unspecified atom stereocenters. The number of carbonyl (C=O) groups is 2. The van der Waals surface area contributed by atoms with E-state index in [2.05, 4.69) is 40.7 Å². The van der Waals surface area contributed by atoms with Gasteiger partial charge in [-0.1, -0.05) is 17.3 Å². The third-order valence-electron chi connectivity index (χ3n) is 8.60. The fourth-order valence-electron chi connectivity index (χ4n) is 5.93. The van der Waals surface area contributed by atoms with Crippen molar-refractivity contribution in [2.24, 2.45) is 0 Å². The lowest BCUT2D eigenvalue weighted by atomic mass is 10.1. The van der Waals surface area contributed by atoms with Gasteiger partial charge in [-0.05, 0) is 88.3 Å². The van der Waals surface area contributed by atoms with E-state index in [0.29, 0.717) is 30.6 Å². The Labute approximate surface area is 272 Å². The number of hydrogen-bond donors (Lipinski definition) is 2. The number of oxazole rings is 2. The molecular weight excluding hydrogens is 598 g/mol. The Balaban J connectivity index is 0.931. The summed E-state index contributed by atoms with van der Waals surface area (Å²) in [5.74, 6) is 0.269. The molecular formula is C34H37N9O4. The fourth-order valence-corrected chi connectivity index (χ4v) is 5.93. The van der Waals surface area contributed by atoms with E-state index in [1.54, 1.807) is 4.68 Å². The maximum Gasteiger partial charge on any atom is 0.273 e. The molecule has 0 saturated carbocycles. The van der Waals surface area contributed by atoms with Crippen LogP contribution in [0.2, 0.25) is 0 Å². The highest BCUT2D eigenvalue weighted by Gasteiger charge is 2.17. The highest BCUT2D eigenvalue weighted by molar-refractivity contribution is 5.93. The van der Waals surface area contributed by atoms with Crippen molar-refractivity contribution in [3.8, 4) is 39.9 Å². The number of carbonyl (C=O) groups excluding carboxylic acids is 2. The molecule has 47 heavy (non-hydrogen) atoms.